The minimum Gasteiger partial charge on any atom is -0.496 e. The Morgan fingerprint density at radius 1 is 0.775 bits per heavy atom. The number of ether oxygens (including phenoxy) is 4. The van der Waals surface area contributed by atoms with Crippen molar-refractivity contribution in [2.45, 2.75) is 71.0 Å². The van der Waals surface area contributed by atoms with Crippen LogP contribution >= 0.6 is 0 Å². The van der Waals surface area contributed by atoms with Crippen LogP contribution in [0.5, 0.6) is 11.5 Å². The number of methoxy groups -OCH3 is 2. The lowest BCUT2D eigenvalue weighted by atomic mass is 9.84. The lowest BCUT2D eigenvalue weighted by Crippen LogP contribution is -2.30. The molecule has 0 saturated heterocycles. The summed E-state index contributed by atoms with van der Waals surface area (Å²) in [6.07, 6.45) is -10.8. The Balaban J connectivity index is 2.56. The largest absolute Gasteiger partial charge is 0.496 e. The second-order valence-electron chi connectivity index (χ2n) is 10.2. The van der Waals surface area contributed by atoms with E-state index in [2.05, 4.69) is 0 Å². The van der Waals surface area contributed by atoms with Gasteiger partial charge in [0, 0.05) is 11.1 Å². The van der Waals surface area contributed by atoms with Crippen molar-refractivity contribution < 1.29 is 54.9 Å². The monoisotopic (exact) mass is 578 g/mol. The van der Waals surface area contributed by atoms with Gasteiger partial charge in [0.2, 0.25) is 0 Å². The molecule has 2 aromatic carbocycles. The zero-order chi connectivity index (χ0) is 30.6. The summed E-state index contributed by atoms with van der Waals surface area (Å²) in [6, 6.07) is 5.30. The minimum absolute atomic E-state index is 0.105. The van der Waals surface area contributed by atoms with Crippen molar-refractivity contribution in [2.24, 2.45) is 5.92 Å². The molecule has 0 aliphatic carbocycles. The van der Waals surface area contributed by atoms with Crippen molar-refractivity contribution >= 4 is 11.9 Å². The number of alkyl halides is 6. The zero-order valence-corrected chi connectivity index (χ0v) is 23.1. The summed E-state index contributed by atoms with van der Waals surface area (Å²) < 4.78 is 101. The number of carbonyl (C=O) groups excluding carboxylic acids is 2. The van der Waals surface area contributed by atoms with Crippen LogP contribution < -0.4 is 9.47 Å². The maximum Gasteiger partial charge on any atom is 0.416 e. The maximum atomic E-state index is 13.4. The van der Waals surface area contributed by atoms with Gasteiger partial charge in [0.05, 0.1) is 43.6 Å². The van der Waals surface area contributed by atoms with Gasteiger partial charge in [-0.05, 0) is 52.0 Å². The fourth-order valence-corrected chi connectivity index (χ4v) is 4.05. The Labute approximate surface area is 228 Å². The number of benzene rings is 2. The van der Waals surface area contributed by atoms with Crippen LogP contribution in [0.4, 0.5) is 26.3 Å². The molecule has 0 radical (unpaired) electrons. The standard InChI is InChI=1S/C28H32F6O6/c1-15(12-23(35)40-26(3,4)5)25(36)39-16(2)24(19-10-8-17(27(29,30)31)13-21(19)37-6)20-11-9-18(28(32,33)34)14-22(20)38-7/h8-11,13-16,24H,12H2,1-7H3/t15-,16+/m1/s1. The fourth-order valence-electron chi connectivity index (χ4n) is 4.05. The highest BCUT2D eigenvalue weighted by atomic mass is 19.4. The first-order valence-corrected chi connectivity index (χ1v) is 12.2. The van der Waals surface area contributed by atoms with Gasteiger partial charge in [0.1, 0.15) is 23.2 Å². The van der Waals surface area contributed by atoms with Crippen molar-refractivity contribution in [1.29, 1.82) is 0 Å². The number of carbonyl (C=O) groups is 2. The number of hydrogen-bond acceptors (Lipinski definition) is 6. The van der Waals surface area contributed by atoms with Crippen LogP contribution in [-0.2, 0) is 31.4 Å². The smallest absolute Gasteiger partial charge is 0.416 e. The van der Waals surface area contributed by atoms with Gasteiger partial charge in [-0.1, -0.05) is 19.1 Å². The molecule has 0 saturated carbocycles. The van der Waals surface area contributed by atoms with Gasteiger partial charge in [-0.15, -0.1) is 0 Å². The Bertz CT molecular complexity index is 1130. The quantitative estimate of drug-likeness (QED) is 0.232. The van der Waals surface area contributed by atoms with Gasteiger partial charge in [-0.3, -0.25) is 9.59 Å². The van der Waals surface area contributed by atoms with Crippen molar-refractivity contribution in [3.05, 3.63) is 58.7 Å². The van der Waals surface area contributed by atoms with Crippen molar-refractivity contribution in [3.8, 4) is 11.5 Å². The van der Waals surface area contributed by atoms with Gasteiger partial charge in [-0.25, -0.2) is 0 Å². The zero-order valence-electron chi connectivity index (χ0n) is 23.1. The molecule has 0 aliphatic rings. The Hall–Kier alpha value is -3.44. The molecule has 0 heterocycles. The number of rotatable bonds is 9. The first kappa shape index (κ1) is 32.8. The summed E-state index contributed by atoms with van der Waals surface area (Å²) in [4.78, 5) is 25.1. The molecular weight excluding hydrogens is 546 g/mol. The van der Waals surface area contributed by atoms with Crippen LogP contribution in [0, 0.1) is 5.92 Å². The third-order valence-corrected chi connectivity index (χ3v) is 5.86. The molecule has 12 heteroatoms. The van der Waals surface area contributed by atoms with Gasteiger partial charge in [0.15, 0.2) is 0 Å². The van der Waals surface area contributed by atoms with E-state index < -0.39 is 59.0 Å². The molecule has 2 rings (SSSR count). The Morgan fingerprint density at radius 3 is 1.55 bits per heavy atom. The van der Waals surface area contributed by atoms with Crippen LogP contribution in [0.1, 0.15) is 69.2 Å². The van der Waals surface area contributed by atoms with Crippen LogP contribution in [0.2, 0.25) is 0 Å². The van der Waals surface area contributed by atoms with E-state index in [9.17, 15) is 35.9 Å². The predicted molar refractivity (Wildman–Crippen MR) is 133 cm³/mol. The molecule has 40 heavy (non-hydrogen) atoms. The van der Waals surface area contributed by atoms with Crippen LogP contribution in [0.3, 0.4) is 0 Å². The highest BCUT2D eigenvalue weighted by Crippen LogP contribution is 2.44. The molecule has 0 amide bonds. The average molecular weight is 579 g/mol. The first-order chi connectivity index (χ1) is 18.3. The third-order valence-electron chi connectivity index (χ3n) is 5.86. The molecule has 0 aliphatic heterocycles. The highest BCUT2D eigenvalue weighted by molar-refractivity contribution is 5.80. The Morgan fingerprint density at radius 2 is 1.20 bits per heavy atom. The summed E-state index contributed by atoms with van der Waals surface area (Å²) in [7, 11) is 2.28. The van der Waals surface area contributed by atoms with E-state index in [4.69, 9.17) is 18.9 Å². The fraction of sp³-hybridized carbons (Fsp3) is 0.500. The molecule has 2 aromatic rings. The molecule has 222 valence electrons. The molecular formula is C28H32F6O6. The van der Waals surface area contributed by atoms with Gasteiger partial charge >= 0.3 is 24.3 Å². The van der Waals surface area contributed by atoms with E-state index in [-0.39, 0.29) is 29.0 Å². The second kappa shape index (κ2) is 12.4. The molecule has 0 bridgehead atoms. The molecule has 0 fully saturated rings. The predicted octanol–water partition coefficient (Wildman–Crippen LogP) is 7.17. The lowest BCUT2D eigenvalue weighted by Gasteiger charge is -2.29. The molecule has 0 unspecified atom stereocenters. The first-order valence-electron chi connectivity index (χ1n) is 12.2. The number of halogens is 6. The van der Waals surface area contributed by atoms with E-state index in [1.807, 2.05) is 0 Å². The summed E-state index contributed by atoms with van der Waals surface area (Å²) in [6.45, 7) is 7.85. The van der Waals surface area contributed by atoms with E-state index in [0.29, 0.717) is 0 Å². The Kier molecular flexibility index (Phi) is 10.1. The van der Waals surface area contributed by atoms with Gasteiger partial charge in [-0.2, -0.15) is 26.3 Å². The summed E-state index contributed by atoms with van der Waals surface area (Å²) in [5.41, 5.74) is -2.59. The third kappa shape index (κ3) is 8.53. The van der Waals surface area contributed by atoms with Crippen LogP contribution in [0.25, 0.3) is 0 Å². The maximum absolute atomic E-state index is 13.4. The normalized spacial score (nSPS) is 13.9. The van der Waals surface area contributed by atoms with E-state index in [1.54, 1.807) is 20.8 Å². The van der Waals surface area contributed by atoms with E-state index >= 15 is 0 Å². The molecule has 0 spiro atoms. The van der Waals surface area contributed by atoms with E-state index in [1.165, 1.54) is 13.8 Å². The number of hydrogen-bond donors (Lipinski definition) is 0. The molecule has 2 atom stereocenters. The van der Waals surface area contributed by atoms with Crippen molar-refractivity contribution in [3.63, 3.8) is 0 Å². The van der Waals surface area contributed by atoms with Crippen LogP contribution in [0.15, 0.2) is 36.4 Å². The molecule has 0 N–H and O–H groups in total. The topological polar surface area (TPSA) is 71.1 Å². The van der Waals surface area contributed by atoms with Crippen LogP contribution in [-0.4, -0.2) is 37.9 Å². The minimum atomic E-state index is -4.69. The summed E-state index contributed by atoms with van der Waals surface area (Å²) >= 11 is 0. The summed E-state index contributed by atoms with van der Waals surface area (Å²) in [5, 5.41) is 0. The SMILES string of the molecule is COc1cc(C(F)(F)F)ccc1C(c1ccc(C(F)(F)F)cc1OC)[C@H](C)OC(=O)[C@H](C)CC(=O)OC(C)(C)C. The average Bonchev–Trinajstić information content (AvgIpc) is 2.81. The van der Waals surface area contributed by atoms with Gasteiger partial charge in [0.25, 0.3) is 0 Å². The van der Waals surface area contributed by atoms with Crippen molar-refractivity contribution in [1.82, 2.24) is 0 Å². The highest BCUT2D eigenvalue weighted by Gasteiger charge is 2.37. The van der Waals surface area contributed by atoms with Gasteiger partial charge < -0.3 is 18.9 Å². The summed E-state index contributed by atoms with van der Waals surface area (Å²) in [5.74, 6) is -4.00. The number of esters is 2. The van der Waals surface area contributed by atoms with E-state index in [0.717, 1.165) is 50.6 Å². The lowest BCUT2D eigenvalue weighted by molar-refractivity contribution is -0.163. The second-order valence-corrected chi connectivity index (χ2v) is 10.2. The molecule has 6 nitrogen and oxygen atoms in total. The van der Waals surface area contributed by atoms with Crippen molar-refractivity contribution in [2.75, 3.05) is 14.2 Å². The molecule has 0 aromatic heterocycles.